The molecule has 1 aromatic carbocycles. The van der Waals surface area contributed by atoms with Gasteiger partial charge in [-0.05, 0) is 24.3 Å². The number of rotatable bonds is 3. The minimum Gasteiger partial charge on any atom is -0.355 e. The molecule has 1 amide bonds. The number of sulfone groups is 1. The third-order valence-electron chi connectivity index (χ3n) is 4.89. The van der Waals surface area contributed by atoms with Gasteiger partial charge in [0.15, 0.2) is 26.9 Å². The van der Waals surface area contributed by atoms with Gasteiger partial charge < -0.3 is 14.7 Å². The summed E-state index contributed by atoms with van der Waals surface area (Å²) in [5, 5.41) is 14.8. The van der Waals surface area contributed by atoms with Gasteiger partial charge in [-0.1, -0.05) is 5.16 Å². The van der Waals surface area contributed by atoms with Crippen molar-refractivity contribution in [2.45, 2.75) is 0 Å². The van der Waals surface area contributed by atoms with Crippen LogP contribution in [0.15, 0.2) is 41.1 Å². The van der Waals surface area contributed by atoms with Crippen LogP contribution in [0.2, 0.25) is 0 Å². The number of hydrogen-bond acceptors (Lipinski definition) is 8. The molecule has 0 aliphatic carbocycles. The molecule has 4 aromatic rings. The van der Waals surface area contributed by atoms with Gasteiger partial charge in [0, 0.05) is 31.0 Å². The number of fused-ring (bicyclic) bond motifs is 2. The molecule has 0 saturated carbocycles. The molecule has 29 heavy (non-hydrogen) atoms. The molecule has 3 aromatic heterocycles. The van der Waals surface area contributed by atoms with Gasteiger partial charge in [-0.25, -0.2) is 8.42 Å². The van der Waals surface area contributed by atoms with Gasteiger partial charge >= 0.3 is 0 Å². The molecule has 148 valence electrons. The lowest BCUT2D eigenvalue weighted by Gasteiger charge is -2.25. The third kappa shape index (κ3) is 3.18. The van der Waals surface area contributed by atoms with Crippen LogP contribution in [0.25, 0.3) is 22.0 Å². The van der Waals surface area contributed by atoms with Gasteiger partial charge in [0.2, 0.25) is 0 Å². The Bertz CT molecular complexity index is 1330. The SMILES string of the molecule is O=C(c1noc2cc(Nc3n[nH]c4cccnc34)ccc12)N1CCS(=O)(=O)CC1. The predicted octanol–water partition coefficient (Wildman–Crippen LogP) is 1.71. The van der Waals surface area contributed by atoms with Gasteiger partial charge in [0.1, 0.15) is 5.52 Å². The Morgan fingerprint density at radius 3 is 2.86 bits per heavy atom. The van der Waals surface area contributed by atoms with E-state index < -0.39 is 9.84 Å². The standard InChI is InChI=1S/C18H16N6O4S/c25-18(24-6-8-29(26,27)9-7-24)15-12-4-3-11(10-14(12)28-23-15)20-17-16-13(21-22-17)2-1-5-19-16/h1-5,10H,6-9H2,(H2,20,21,22). The fraction of sp³-hybridized carbons (Fsp3) is 0.222. The van der Waals surface area contributed by atoms with Crippen molar-refractivity contribution < 1.29 is 17.7 Å². The molecule has 1 saturated heterocycles. The smallest absolute Gasteiger partial charge is 0.276 e. The van der Waals surface area contributed by atoms with E-state index in [1.54, 1.807) is 24.4 Å². The monoisotopic (exact) mass is 412 g/mol. The summed E-state index contributed by atoms with van der Waals surface area (Å²) in [7, 11) is -3.07. The van der Waals surface area contributed by atoms with E-state index in [1.807, 2.05) is 12.1 Å². The van der Waals surface area contributed by atoms with Crippen molar-refractivity contribution in [2.75, 3.05) is 29.9 Å². The number of amides is 1. The molecule has 1 fully saturated rings. The van der Waals surface area contributed by atoms with Crippen LogP contribution in [0, 0.1) is 0 Å². The summed E-state index contributed by atoms with van der Waals surface area (Å²) in [6.45, 7) is 0.322. The van der Waals surface area contributed by atoms with E-state index in [0.717, 1.165) is 5.52 Å². The average Bonchev–Trinajstić information content (AvgIpc) is 3.32. The summed E-state index contributed by atoms with van der Waals surface area (Å²) in [5.74, 6) is 0.176. The molecular formula is C18H16N6O4S. The highest BCUT2D eigenvalue weighted by Crippen LogP contribution is 2.27. The van der Waals surface area contributed by atoms with Crippen molar-refractivity contribution in [3.8, 4) is 0 Å². The van der Waals surface area contributed by atoms with Crippen molar-refractivity contribution in [3.63, 3.8) is 0 Å². The van der Waals surface area contributed by atoms with Crippen molar-refractivity contribution in [2.24, 2.45) is 0 Å². The number of carbonyl (C=O) groups excluding carboxylic acids is 1. The summed E-state index contributed by atoms with van der Waals surface area (Å²) in [6.07, 6.45) is 1.69. The molecule has 5 rings (SSSR count). The molecule has 0 bridgehead atoms. The van der Waals surface area contributed by atoms with Crippen molar-refractivity contribution in [1.29, 1.82) is 0 Å². The lowest BCUT2D eigenvalue weighted by atomic mass is 10.2. The number of hydrogen-bond donors (Lipinski definition) is 2. The first-order valence-electron chi connectivity index (χ1n) is 8.95. The maximum atomic E-state index is 12.7. The van der Waals surface area contributed by atoms with E-state index in [4.69, 9.17) is 4.52 Å². The fourth-order valence-electron chi connectivity index (χ4n) is 3.31. The zero-order chi connectivity index (χ0) is 20.0. The first-order valence-corrected chi connectivity index (χ1v) is 10.8. The molecule has 11 heteroatoms. The molecule has 1 aliphatic heterocycles. The van der Waals surface area contributed by atoms with Crippen LogP contribution in [0.5, 0.6) is 0 Å². The normalized spacial score (nSPS) is 16.3. The molecule has 0 atom stereocenters. The zero-order valence-electron chi connectivity index (χ0n) is 15.1. The van der Waals surface area contributed by atoms with Crippen LogP contribution in [0.4, 0.5) is 11.5 Å². The summed E-state index contributed by atoms with van der Waals surface area (Å²) in [6, 6.07) is 8.96. The van der Waals surface area contributed by atoms with E-state index in [1.165, 1.54) is 4.90 Å². The number of pyridine rings is 1. The Morgan fingerprint density at radius 2 is 2.03 bits per heavy atom. The Balaban J connectivity index is 1.40. The second-order valence-corrected chi connectivity index (χ2v) is 9.09. The van der Waals surface area contributed by atoms with Crippen LogP contribution in [-0.4, -0.2) is 64.2 Å². The van der Waals surface area contributed by atoms with E-state index in [2.05, 4.69) is 25.7 Å². The Labute approximate surface area is 164 Å². The highest BCUT2D eigenvalue weighted by molar-refractivity contribution is 7.91. The number of carbonyl (C=O) groups is 1. The molecule has 0 spiro atoms. The maximum Gasteiger partial charge on any atom is 0.276 e. The number of benzene rings is 1. The maximum absolute atomic E-state index is 12.7. The number of nitrogens with zero attached hydrogens (tertiary/aromatic N) is 4. The average molecular weight is 412 g/mol. The summed E-state index contributed by atoms with van der Waals surface area (Å²) in [5.41, 5.74) is 2.84. The lowest BCUT2D eigenvalue weighted by Crippen LogP contribution is -2.43. The molecule has 10 nitrogen and oxygen atoms in total. The van der Waals surface area contributed by atoms with Crippen LogP contribution in [-0.2, 0) is 9.84 Å². The number of anilines is 2. The van der Waals surface area contributed by atoms with Crippen LogP contribution >= 0.6 is 0 Å². The molecule has 4 heterocycles. The van der Waals surface area contributed by atoms with Crippen molar-refractivity contribution >= 4 is 49.3 Å². The van der Waals surface area contributed by atoms with Crippen LogP contribution in [0.3, 0.4) is 0 Å². The van der Waals surface area contributed by atoms with Crippen molar-refractivity contribution in [1.82, 2.24) is 25.2 Å². The number of H-pyrrole nitrogens is 1. The Morgan fingerprint density at radius 1 is 1.21 bits per heavy atom. The highest BCUT2D eigenvalue weighted by atomic mass is 32.2. The van der Waals surface area contributed by atoms with Gasteiger partial charge in [-0.2, -0.15) is 5.10 Å². The summed E-state index contributed by atoms with van der Waals surface area (Å²) >= 11 is 0. The first kappa shape index (κ1) is 17.6. The molecule has 2 N–H and O–H groups in total. The topological polar surface area (TPSA) is 134 Å². The fourth-order valence-corrected chi connectivity index (χ4v) is 4.51. The number of aromatic nitrogens is 4. The minimum absolute atomic E-state index is 0.0335. The molecule has 1 aliphatic rings. The predicted molar refractivity (Wildman–Crippen MR) is 106 cm³/mol. The summed E-state index contributed by atoms with van der Waals surface area (Å²) in [4.78, 5) is 18.5. The Hall–Kier alpha value is -3.47. The first-order chi connectivity index (χ1) is 14.0. The quantitative estimate of drug-likeness (QED) is 0.519. The number of nitrogens with one attached hydrogen (secondary N) is 2. The highest BCUT2D eigenvalue weighted by Gasteiger charge is 2.28. The van der Waals surface area contributed by atoms with Crippen LogP contribution in [0.1, 0.15) is 10.5 Å². The van der Waals surface area contributed by atoms with Gasteiger partial charge in [0.25, 0.3) is 5.91 Å². The second kappa shape index (κ2) is 6.55. The lowest BCUT2D eigenvalue weighted by molar-refractivity contribution is 0.0762. The second-order valence-electron chi connectivity index (χ2n) is 6.78. The Kier molecular flexibility index (Phi) is 3.98. The van der Waals surface area contributed by atoms with Gasteiger partial charge in [-0.3, -0.25) is 14.9 Å². The van der Waals surface area contributed by atoms with Crippen LogP contribution < -0.4 is 5.32 Å². The van der Waals surface area contributed by atoms with Gasteiger partial charge in [0.05, 0.1) is 22.4 Å². The minimum atomic E-state index is -3.07. The van der Waals surface area contributed by atoms with E-state index in [-0.39, 0.29) is 36.2 Å². The van der Waals surface area contributed by atoms with Gasteiger partial charge in [-0.15, -0.1) is 0 Å². The van der Waals surface area contributed by atoms with E-state index >= 15 is 0 Å². The molecular weight excluding hydrogens is 396 g/mol. The molecule has 0 radical (unpaired) electrons. The van der Waals surface area contributed by atoms with Crippen molar-refractivity contribution in [3.05, 3.63) is 42.2 Å². The van der Waals surface area contributed by atoms with E-state index in [0.29, 0.717) is 28.0 Å². The molecule has 0 unspecified atom stereocenters. The zero-order valence-corrected chi connectivity index (χ0v) is 15.9. The third-order valence-corrected chi connectivity index (χ3v) is 6.50. The number of aromatic amines is 1. The largest absolute Gasteiger partial charge is 0.355 e. The van der Waals surface area contributed by atoms with E-state index in [9.17, 15) is 13.2 Å². The summed E-state index contributed by atoms with van der Waals surface area (Å²) < 4.78 is 28.5.